The second kappa shape index (κ2) is 9.03. The van der Waals surface area contributed by atoms with Gasteiger partial charge in [0.05, 0.1) is 36.6 Å². The minimum Gasteiger partial charge on any atom is -0.348 e. The zero-order chi connectivity index (χ0) is 20.1. The van der Waals surface area contributed by atoms with E-state index < -0.39 is 10.0 Å². The first-order valence-electron chi connectivity index (χ1n) is 10.0. The fraction of sp³-hybridized carbons (Fsp3) is 0.600. The van der Waals surface area contributed by atoms with E-state index in [1.54, 1.807) is 12.1 Å². The minimum atomic E-state index is -3.69. The van der Waals surface area contributed by atoms with Crippen LogP contribution in [-0.4, -0.2) is 57.4 Å². The Morgan fingerprint density at radius 2 is 1.93 bits per heavy atom. The number of benzene rings is 1. The second-order valence-electron chi connectivity index (χ2n) is 7.87. The third kappa shape index (κ3) is 4.72. The third-order valence-corrected chi connectivity index (χ3v) is 7.88. The number of hydrogen-bond acceptors (Lipinski definition) is 4. The van der Waals surface area contributed by atoms with Gasteiger partial charge in [0.2, 0.25) is 10.0 Å². The number of nitrogens with one attached hydrogen (secondary N) is 2. The quantitative estimate of drug-likeness (QED) is 0.729. The number of rotatable bonds is 5. The van der Waals surface area contributed by atoms with Crippen molar-refractivity contribution in [3.63, 3.8) is 0 Å². The highest BCUT2D eigenvalue weighted by Gasteiger charge is 2.33. The summed E-state index contributed by atoms with van der Waals surface area (Å²) in [7, 11) is -3.69. The monoisotopic (exact) mass is 405 g/mol. The van der Waals surface area contributed by atoms with Crippen LogP contribution in [0.1, 0.15) is 38.2 Å². The van der Waals surface area contributed by atoms with Crippen molar-refractivity contribution in [3.05, 3.63) is 29.8 Å². The van der Waals surface area contributed by atoms with Crippen LogP contribution in [0.4, 0.5) is 0 Å². The highest BCUT2D eigenvalue weighted by Crippen LogP contribution is 2.23. The van der Waals surface area contributed by atoms with Crippen molar-refractivity contribution in [3.8, 4) is 6.07 Å². The van der Waals surface area contributed by atoms with Crippen molar-refractivity contribution in [1.29, 1.82) is 5.26 Å². The number of piperazine rings is 1. The summed E-state index contributed by atoms with van der Waals surface area (Å²) >= 11 is 0. The van der Waals surface area contributed by atoms with Gasteiger partial charge < -0.3 is 10.2 Å². The van der Waals surface area contributed by atoms with Crippen LogP contribution in [0.25, 0.3) is 0 Å². The molecule has 0 bridgehead atoms. The van der Waals surface area contributed by atoms with E-state index in [2.05, 4.69) is 12.2 Å². The number of quaternary nitrogens is 1. The van der Waals surface area contributed by atoms with E-state index in [4.69, 9.17) is 0 Å². The van der Waals surface area contributed by atoms with E-state index in [1.165, 1.54) is 35.7 Å². The first kappa shape index (κ1) is 20.8. The molecule has 1 aromatic rings. The molecule has 2 N–H and O–H groups in total. The highest BCUT2D eigenvalue weighted by atomic mass is 32.2. The van der Waals surface area contributed by atoms with Gasteiger partial charge in [-0.05, 0) is 30.9 Å². The van der Waals surface area contributed by atoms with Gasteiger partial charge >= 0.3 is 0 Å². The molecular weight excluding hydrogens is 376 g/mol. The molecule has 2 aliphatic rings. The maximum absolute atomic E-state index is 12.9. The molecule has 0 unspecified atom stereocenters. The van der Waals surface area contributed by atoms with E-state index in [0.29, 0.717) is 38.6 Å². The van der Waals surface area contributed by atoms with Gasteiger partial charge in [-0.3, -0.25) is 4.79 Å². The lowest BCUT2D eigenvalue weighted by atomic mass is 9.86. The molecule has 1 heterocycles. The zero-order valence-corrected chi connectivity index (χ0v) is 17.2. The molecule has 1 aliphatic carbocycles. The molecule has 0 radical (unpaired) electrons. The first-order chi connectivity index (χ1) is 13.4. The lowest BCUT2D eigenvalue weighted by Crippen LogP contribution is -3.15. The van der Waals surface area contributed by atoms with Crippen LogP contribution in [-0.2, 0) is 14.8 Å². The average molecular weight is 406 g/mol. The summed E-state index contributed by atoms with van der Waals surface area (Å²) in [6.07, 6.45) is 4.62. The van der Waals surface area contributed by atoms with Crippen molar-refractivity contribution in [2.45, 2.75) is 43.5 Å². The summed E-state index contributed by atoms with van der Waals surface area (Å²) in [6, 6.07) is 8.51. The molecule has 1 saturated carbocycles. The van der Waals surface area contributed by atoms with Gasteiger partial charge in [-0.15, -0.1) is 0 Å². The Labute approximate surface area is 167 Å². The molecule has 2 fully saturated rings. The van der Waals surface area contributed by atoms with Crippen LogP contribution in [0, 0.1) is 17.2 Å². The third-order valence-electron chi connectivity index (χ3n) is 5.92. The summed E-state index contributed by atoms with van der Waals surface area (Å²) in [5, 5.41) is 12.4. The molecule has 0 aromatic heterocycles. The van der Waals surface area contributed by atoms with E-state index in [9.17, 15) is 18.5 Å². The van der Waals surface area contributed by atoms with Crippen LogP contribution in [0.5, 0.6) is 0 Å². The Morgan fingerprint density at radius 1 is 1.25 bits per heavy atom. The van der Waals surface area contributed by atoms with Crippen molar-refractivity contribution in [2.24, 2.45) is 5.92 Å². The fourth-order valence-electron chi connectivity index (χ4n) is 4.16. The molecule has 8 heteroatoms. The molecule has 1 aromatic carbocycles. The number of carbonyl (C=O) groups is 1. The fourth-order valence-corrected chi connectivity index (χ4v) is 5.74. The topological polar surface area (TPSA) is 94.7 Å². The summed E-state index contributed by atoms with van der Waals surface area (Å²) < 4.78 is 27.2. The molecule has 2 atom stereocenters. The maximum atomic E-state index is 12.9. The zero-order valence-electron chi connectivity index (χ0n) is 16.4. The second-order valence-corrected chi connectivity index (χ2v) is 9.78. The molecule has 28 heavy (non-hydrogen) atoms. The minimum absolute atomic E-state index is 0.0554. The van der Waals surface area contributed by atoms with Gasteiger partial charge in [-0.1, -0.05) is 31.9 Å². The number of nitriles is 1. The summed E-state index contributed by atoms with van der Waals surface area (Å²) in [5.41, 5.74) is 0.165. The van der Waals surface area contributed by atoms with E-state index in [-0.39, 0.29) is 22.4 Å². The maximum Gasteiger partial charge on any atom is 0.275 e. The number of sulfonamides is 1. The van der Waals surface area contributed by atoms with Gasteiger partial charge in [0.1, 0.15) is 6.07 Å². The van der Waals surface area contributed by atoms with Gasteiger partial charge in [0.15, 0.2) is 6.54 Å². The predicted molar refractivity (Wildman–Crippen MR) is 105 cm³/mol. The number of carbonyl (C=O) groups excluding carboxylic acids is 1. The van der Waals surface area contributed by atoms with Crippen molar-refractivity contribution in [2.75, 3.05) is 32.7 Å². The standard InChI is InChI=1S/C20H28N4O3S/c1-16-6-2-4-8-18(16)22-20(25)15-23-10-12-24(13-11-23)28(26,27)19-9-5-3-7-17(19)14-21/h3,5,7,9,16,18H,2,4,6,8,10-13,15H2,1H3,(H,22,25)/p+1/t16-,18-/m0/s1. The molecular formula is C20H29N4O3S+. The molecule has 7 nitrogen and oxygen atoms in total. The van der Waals surface area contributed by atoms with Crippen LogP contribution in [0.2, 0.25) is 0 Å². The van der Waals surface area contributed by atoms with Crippen LogP contribution < -0.4 is 10.2 Å². The van der Waals surface area contributed by atoms with E-state index >= 15 is 0 Å². The summed E-state index contributed by atoms with van der Waals surface area (Å²) in [5.74, 6) is 0.578. The summed E-state index contributed by atoms with van der Waals surface area (Å²) in [6.45, 7) is 4.45. The van der Waals surface area contributed by atoms with E-state index in [1.807, 2.05) is 6.07 Å². The Morgan fingerprint density at radius 3 is 2.61 bits per heavy atom. The molecule has 3 rings (SSSR count). The Balaban J connectivity index is 1.54. The van der Waals surface area contributed by atoms with Gasteiger partial charge in [0, 0.05) is 6.04 Å². The molecule has 0 spiro atoms. The van der Waals surface area contributed by atoms with Gasteiger partial charge in [0.25, 0.3) is 5.91 Å². The number of nitrogens with zero attached hydrogens (tertiary/aromatic N) is 2. The smallest absolute Gasteiger partial charge is 0.275 e. The largest absolute Gasteiger partial charge is 0.348 e. The van der Waals surface area contributed by atoms with Crippen LogP contribution in [0.15, 0.2) is 29.2 Å². The Kier molecular flexibility index (Phi) is 6.70. The summed E-state index contributed by atoms with van der Waals surface area (Å²) in [4.78, 5) is 13.6. The lowest BCUT2D eigenvalue weighted by molar-refractivity contribution is -0.895. The first-order valence-corrected chi connectivity index (χ1v) is 11.5. The SMILES string of the molecule is C[C@H]1CCCC[C@@H]1NC(=O)C[NH+]1CCN(S(=O)(=O)c2ccccc2C#N)CC1. The van der Waals surface area contributed by atoms with Crippen LogP contribution >= 0.6 is 0 Å². The van der Waals surface area contributed by atoms with E-state index in [0.717, 1.165) is 11.3 Å². The Bertz CT molecular complexity index is 841. The molecule has 1 saturated heterocycles. The normalized spacial score (nSPS) is 24.4. The highest BCUT2D eigenvalue weighted by molar-refractivity contribution is 7.89. The lowest BCUT2D eigenvalue weighted by Gasteiger charge is -2.33. The Hall–Kier alpha value is -1.95. The molecule has 152 valence electrons. The van der Waals surface area contributed by atoms with Crippen molar-refractivity contribution in [1.82, 2.24) is 9.62 Å². The number of hydrogen-bond donors (Lipinski definition) is 2. The average Bonchev–Trinajstić information content (AvgIpc) is 2.70. The predicted octanol–water partition coefficient (Wildman–Crippen LogP) is 0.142. The van der Waals surface area contributed by atoms with Crippen molar-refractivity contribution >= 4 is 15.9 Å². The van der Waals surface area contributed by atoms with Gasteiger partial charge in [-0.25, -0.2) is 8.42 Å². The number of amides is 1. The van der Waals surface area contributed by atoms with Gasteiger partial charge in [-0.2, -0.15) is 9.57 Å². The molecule has 1 amide bonds. The van der Waals surface area contributed by atoms with Crippen molar-refractivity contribution < 1.29 is 18.1 Å². The van der Waals surface area contributed by atoms with Crippen LogP contribution in [0.3, 0.4) is 0 Å². The molecule has 1 aliphatic heterocycles.